The van der Waals surface area contributed by atoms with Gasteiger partial charge in [-0.15, -0.1) is 0 Å². The largest absolute Gasteiger partial charge is 0.480 e. The van der Waals surface area contributed by atoms with Gasteiger partial charge in [-0.25, -0.2) is 4.39 Å². The Morgan fingerprint density at radius 2 is 1.88 bits per heavy atom. The van der Waals surface area contributed by atoms with Crippen molar-refractivity contribution in [2.75, 3.05) is 0 Å². The molecule has 34 heavy (non-hydrogen) atoms. The predicted molar refractivity (Wildman–Crippen MR) is 128 cm³/mol. The number of nitrogens with one attached hydrogen (secondary N) is 1. The Kier molecular flexibility index (Phi) is 5.77. The van der Waals surface area contributed by atoms with Crippen LogP contribution in [0, 0.1) is 12.7 Å². The van der Waals surface area contributed by atoms with E-state index in [4.69, 9.17) is 0 Å². The first kappa shape index (κ1) is 22.1. The summed E-state index contributed by atoms with van der Waals surface area (Å²) in [4.78, 5) is 28.6. The highest BCUT2D eigenvalue weighted by Gasteiger charge is 2.28. The SMILES string of the molecule is Cc1c(C2CCC(NC(=O)c3cnc4ccccc4c3)CC2)c2cc(F)ccc2n1CC(=O)O. The van der Waals surface area contributed by atoms with Crippen molar-refractivity contribution in [1.29, 1.82) is 0 Å². The van der Waals surface area contributed by atoms with Crippen molar-refractivity contribution in [3.8, 4) is 0 Å². The van der Waals surface area contributed by atoms with Crippen molar-refractivity contribution < 1.29 is 19.1 Å². The molecule has 2 N–H and O–H groups in total. The number of pyridine rings is 1. The summed E-state index contributed by atoms with van der Waals surface area (Å²) in [6, 6.07) is 14.2. The van der Waals surface area contributed by atoms with Crippen LogP contribution in [0.2, 0.25) is 0 Å². The van der Waals surface area contributed by atoms with Crippen LogP contribution in [-0.2, 0) is 11.3 Å². The highest BCUT2D eigenvalue weighted by molar-refractivity contribution is 5.97. The number of carboxylic acid groups (broad SMARTS) is 1. The number of benzene rings is 2. The van der Waals surface area contributed by atoms with Gasteiger partial charge < -0.3 is 15.0 Å². The zero-order valence-electron chi connectivity index (χ0n) is 18.9. The van der Waals surface area contributed by atoms with Crippen LogP contribution in [0.4, 0.5) is 4.39 Å². The van der Waals surface area contributed by atoms with E-state index in [1.54, 1.807) is 16.8 Å². The van der Waals surface area contributed by atoms with Gasteiger partial charge in [0.25, 0.3) is 5.91 Å². The van der Waals surface area contributed by atoms with Crippen molar-refractivity contribution >= 4 is 33.7 Å². The van der Waals surface area contributed by atoms with Crippen molar-refractivity contribution in [3.63, 3.8) is 0 Å². The number of para-hydroxylation sites is 1. The molecule has 0 atom stereocenters. The van der Waals surface area contributed by atoms with Crippen LogP contribution in [-0.4, -0.2) is 32.6 Å². The summed E-state index contributed by atoms with van der Waals surface area (Å²) in [5.74, 6) is -1.19. The molecule has 174 valence electrons. The van der Waals surface area contributed by atoms with E-state index < -0.39 is 5.97 Å². The van der Waals surface area contributed by atoms with Crippen LogP contribution in [0.25, 0.3) is 21.8 Å². The van der Waals surface area contributed by atoms with E-state index >= 15 is 0 Å². The van der Waals surface area contributed by atoms with E-state index in [1.807, 2.05) is 37.3 Å². The summed E-state index contributed by atoms with van der Waals surface area (Å²) in [5, 5.41) is 14.2. The molecule has 0 bridgehead atoms. The predicted octanol–water partition coefficient (Wildman–Crippen LogP) is 5.18. The van der Waals surface area contributed by atoms with E-state index in [0.717, 1.165) is 58.7 Å². The smallest absolute Gasteiger partial charge is 0.323 e. The second kappa shape index (κ2) is 8.89. The molecule has 1 saturated carbocycles. The zero-order chi connectivity index (χ0) is 23.8. The molecule has 2 heterocycles. The van der Waals surface area contributed by atoms with Gasteiger partial charge in [0.15, 0.2) is 0 Å². The molecule has 6 nitrogen and oxygen atoms in total. The highest BCUT2D eigenvalue weighted by atomic mass is 19.1. The number of carbonyl (C=O) groups excluding carboxylic acids is 1. The Hall–Kier alpha value is -3.74. The second-order valence-electron chi connectivity index (χ2n) is 9.08. The number of aliphatic carboxylic acids is 1. The molecule has 7 heteroatoms. The molecule has 0 radical (unpaired) electrons. The first-order valence-electron chi connectivity index (χ1n) is 11.6. The van der Waals surface area contributed by atoms with Gasteiger partial charge in [0.2, 0.25) is 0 Å². The average Bonchev–Trinajstić information content (AvgIpc) is 3.09. The topological polar surface area (TPSA) is 84.2 Å². The molecule has 4 aromatic rings. The van der Waals surface area contributed by atoms with Crippen LogP contribution < -0.4 is 5.32 Å². The highest BCUT2D eigenvalue weighted by Crippen LogP contribution is 2.40. The standard InChI is InChI=1S/C27H26FN3O3/c1-16-26(22-13-20(28)8-11-24(22)31(16)15-25(32)33)17-6-9-21(10-7-17)30-27(34)19-12-18-4-2-3-5-23(18)29-14-19/h2-5,8,11-14,17,21H,6-7,9-10,15H2,1H3,(H,30,34)(H,32,33). The molecule has 0 aliphatic heterocycles. The molecule has 1 amide bonds. The number of carboxylic acids is 1. The van der Waals surface area contributed by atoms with Crippen molar-refractivity contribution in [2.24, 2.45) is 0 Å². The van der Waals surface area contributed by atoms with Crippen molar-refractivity contribution in [1.82, 2.24) is 14.9 Å². The molecule has 2 aromatic carbocycles. The van der Waals surface area contributed by atoms with Gasteiger partial charge >= 0.3 is 5.97 Å². The Labute approximate surface area is 196 Å². The molecule has 0 unspecified atom stereocenters. The lowest BCUT2D eigenvalue weighted by Gasteiger charge is -2.29. The number of carbonyl (C=O) groups is 2. The molecular formula is C27H26FN3O3. The Morgan fingerprint density at radius 1 is 1.12 bits per heavy atom. The Bertz CT molecular complexity index is 1400. The Balaban J connectivity index is 1.32. The summed E-state index contributed by atoms with van der Waals surface area (Å²) in [6.07, 6.45) is 4.89. The fourth-order valence-corrected chi connectivity index (χ4v) is 5.33. The number of amides is 1. The minimum absolute atomic E-state index is 0.0552. The van der Waals surface area contributed by atoms with Crippen molar-refractivity contribution in [2.45, 2.75) is 51.1 Å². The third kappa shape index (κ3) is 4.14. The molecular weight excluding hydrogens is 433 g/mol. The van der Waals surface area contributed by atoms with Gasteiger partial charge in [0.1, 0.15) is 12.4 Å². The fourth-order valence-electron chi connectivity index (χ4n) is 5.33. The van der Waals surface area contributed by atoms with Crippen molar-refractivity contribution in [3.05, 3.63) is 77.4 Å². The quantitative estimate of drug-likeness (QED) is 0.431. The van der Waals surface area contributed by atoms with Gasteiger partial charge in [-0.2, -0.15) is 0 Å². The van der Waals surface area contributed by atoms with Gasteiger partial charge in [0.05, 0.1) is 11.1 Å². The Morgan fingerprint density at radius 3 is 2.65 bits per heavy atom. The van der Waals surface area contributed by atoms with Gasteiger partial charge in [-0.3, -0.25) is 14.6 Å². The van der Waals surface area contributed by atoms with E-state index in [-0.39, 0.29) is 30.2 Å². The normalized spacial score (nSPS) is 18.3. The lowest BCUT2D eigenvalue weighted by atomic mass is 9.80. The average molecular weight is 460 g/mol. The van der Waals surface area contributed by atoms with E-state index in [2.05, 4.69) is 10.3 Å². The van der Waals surface area contributed by atoms with E-state index in [1.165, 1.54) is 12.1 Å². The summed E-state index contributed by atoms with van der Waals surface area (Å²) in [7, 11) is 0. The summed E-state index contributed by atoms with van der Waals surface area (Å²) in [5.41, 5.74) is 4.05. The number of halogens is 1. The number of hydrogen-bond donors (Lipinski definition) is 2. The molecule has 1 fully saturated rings. The maximum absolute atomic E-state index is 14.1. The molecule has 5 rings (SSSR count). The third-order valence-corrected chi connectivity index (χ3v) is 6.95. The first-order chi connectivity index (χ1) is 16.4. The molecule has 0 saturated heterocycles. The second-order valence-corrected chi connectivity index (χ2v) is 9.08. The minimum Gasteiger partial charge on any atom is -0.480 e. The van der Waals surface area contributed by atoms with Gasteiger partial charge in [-0.1, -0.05) is 18.2 Å². The van der Waals surface area contributed by atoms with Crippen LogP contribution >= 0.6 is 0 Å². The molecule has 0 spiro atoms. The first-order valence-corrected chi connectivity index (χ1v) is 11.6. The van der Waals surface area contributed by atoms with Gasteiger partial charge in [-0.05, 0) is 74.4 Å². The minimum atomic E-state index is -0.925. The fraction of sp³-hybridized carbons (Fsp3) is 0.296. The zero-order valence-corrected chi connectivity index (χ0v) is 18.9. The number of hydrogen-bond acceptors (Lipinski definition) is 3. The number of nitrogens with zero attached hydrogens (tertiary/aromatic N) is 2. The molecule has 1 aliphatic carbocycles. The number of fused-ring (bicyclic) bond motifs is 2. The van der Waals surface area contributed by atoms with E-state index in [0.29, 0.717) is 5.56 Å². The lowest BCUT2D eigenvalue weighted by molar-refractivity contribution is -0.137. The van der Waals surface area contributed by atoms with Crippen LogP contribution in [0.5, 0.6) is 0 Å². The maximum atomic E-state index is 14.1. The molecule has 1 aliphatic rings. The number of aromatic nitrogens is 2. The van der Waals surface area contributed by atoms with Crippen LogP contribution in [0.15, 0.2) is 54.7 Å². The number of rotatable bonds is 5. The van der Waals surface area contributed by atoms with Gasteiger partial charge in [0, 0.05) is 34.2 Å². The van der Waals surface area contributed by atoms with Crippen LogP contribution in [0.3, 0.4) is 0 Å². The summed E-state index contributed by atoms with van der Waals surface area (Å²) >= 11 is 0. The summed E-state index contributed by atoms with van der Waals surface area (Å²) < 4.78 is 15.8. The molecule has 2 aromatic heterocycles. The lowest BCUT2D eigenvalue weighted by Crippen LogP contribution is -2.37. The third-order valence-electron chi connectivity index (χ3n) is 6.95. The van der Waals surface area contributed by atoms with Crippen LogP contribution in [0.1, 0.15) is 53.2 Å². The monoisotopic (exact) mass is 459 g/mol. The van der Waals surface area contributed by atoms with E-state index in [9.17, 15) is 19.1 Å². The maximum Gasteiger partial charge on any atom is 0.323 e. The summed E-state index contributed by atoms with van der Waals surface area (Å²) in [6.45, 7) is 1.76.